The summed E-state index contributed by atoms with van der Waals surface area (Å²) >= 11 is 0. The van der Waals surface area contributed by atoms with Crippen LogP contribution in [0.3, 0.4) is 0 Å². The molecule has 1 saturated heterocycles. The summed E-state index contributed by atoms with van der Waals surface area (Å²) in [5, 5.41) is 7.37. The second-order valence-electron chi connectivity index (χ2n) is 5.68. The van der Waals surface area contributed by atoms with Crippen molar-refractivity contribution in [2.24, 2.45) is 7.05 Å². The molecule has 9 heteroatoms. The number of nitrogens with one attached hydrogen (secondary N) is 1. The van der Waals surface area contributed by atoms with Crippen LogP contribution in [0.5, 0.6) is 0 Å². The van der Waals surface area contributed by atoms with Gasteiger partial charge in [0.15, 0.2) is 5.82 Å². The molecule has 1 fully saturated rings. The monoisotopic (exact) mass is 346 g/mol. The lowest BCUT2D eigenvalue weighted by atomic mass is 10.2. The zero-order valence-corrected chi connectivity index (χ0v) is 14.4. The topological polar surface area (TPSA) is 94.4 Å². The maximum Gasteiger partial charge on any atom is 0.275 e. The van der Waals surface area contributed by atoms with Gasteiger partial charge in [0.05, 0.1) is 19.8 Å². The third-order valence-corrected chi connectivity index (χ3v) is 3.91. The van der Waals surface area contributed by atoms with Crippen LogP contribution >= 0.6 is 0 Å². The summed E-state index contributed by atoms with van der Waals surface area (Å²) in [7, 11) is 3.43. The van der Waals surface area contributed by atoms with Gasteiger partial charge in [-0.15, -0.1) is 0 Å². The summed E-state index contributed by atoms with van der Waals surface area (Å²) in [5.74, 6) is 1.10. The highest BCUT2D eigenvalue weighted by Crippen LogP contribution is 2.23. The SMILES string of the molecule is COCCNc1ccnc([C@@H]2COCCN2C(=O)c2ccn(C)n2)n1. The lowest BCUT2D eigenvalue weighted by Gasteiger charge is -2.34. The molecule has 3 rings (SSSR count). The van der Waals surface area contributed by atoms with Crippen LogP contribution in [0, 0.1) is 0 Å². The summed E-state index contributed by atoms with van der Waals surface area (Å²) in [6.45, 7) is 2.55. The van der Waals surface area contributed by atoms with E-state index in [2.05, 4.69) is 20.4 Å². The van der Waals surface area contributed by atoms with E-state index >= 15 is 0 Å². The van der Waals surface area contributed by atoms with E-state index < -0.39 is 0 Å². The van der Waals surface area contributed by atoms with E-state index in [1.807, 2.05) is 0 Å². The van der Waals surface area contributed by atoms with Crippen molar-refractivity contribution < 1.29 is 14.3 Å². The molecule has 1 amide bonds. The van der Waals surface area contributed by atoms with E-state index in [4.69, 9.17) is 9.47 Å². The van der Waals surface area contributed by atoms with Crippen molar-refractivity contribution in [1.29, 1.82) is 0 Å². The molecular weight excluding hydrogens is 324 g/mol. The molecule has 2 aromatic rings. The highest BCUT2D eigenvalue weighted by Gasteiger charge is 2.32. The van der Waals surface area contributed by atoms with Gasteiger partial charge in [-0.25, -0.2) is 9.97 Å². The number of ether oxygens (including phenoxy) is 2. The van der Waals surface area contributed by atoms with Crippen molar-refractivity contribution in [2.45, 2.75) is 6.04 Å². The molecule has 0 radical (unpaired) electrons. The lowest BCUT2D eigenvalue weighted by Crippen LogP contribution is -2.44. The molecule has 3 heterocycles. The Kier molecular flexibility index (Phi) is 5.56. The summed E-state index contributed by atoms with van der Waals surface area (Å²) in [6, 6.07) is 3.15. The van der Waals surface area contributed by atoms with E-state index in [0.717, 1.165) is 0 Å². The quantitative estimate of drug-likeness (QED) is 0.760. The van der Waals surface area contributed by atoms with Gasteiger partial charge in [-0.3, -0.25) is 9.48 Å². The number of hydrogen-bond donors (Lipinski definition) is 1. The molecular formula is C16H22N6O3. The smallest absolute Gasteiger partial charge is 0.275 e. The molecule has 0 unspecified atom stereocenters. The van der Waals surface area contributed by atoms with E-state index in [0.29, 0.717) is 50.2 Å². The molecule has 0 aliphatic carbocycles. The Morgan fingerprint density at radius 2 is 2.36 bits per heavy atom. The van der Waals surface area contributed by atoms with Gasteiger partial charge in [-0.2, -0.15) is 5.10 Å². The summed E-state index contributed by atoms with van der Waals surface area (Å²) in [5.41, 5.74) is 0.406. The first-order valence-corrected chi connectivity index (χ1v) is 8.13. The molecule has 1 N–H and O–H groups in total. The van der Waals surface area contributed by atoms with Crippen LogP contribution in [0.4, 0.5) is 5.82 Å². The number of hydrogen-bond acceptors (Lipinski definition) is 7. The average Bonchev–Trinajstić information content (AvgIpc) is 3.08. The number of carbonyl (C=O) groups excluding carboxylic acids is 1. The molecule has 0 saturated carbocycles. The summed E-state index contributed by atoms with van der Waals surface area (Å²) in [4.78, 5) is 23.4. The highest BCUT2D eigenvalue weighted by atomic mass is 16.5. The second-order valence-corrected chi connectivity index (χ2v) is 5.68. The minimum atomic E-state index is -0.340. The summed E-state index contributed by atoms with van der Waals surface area (Å²) < 4.78 is 12.2. The number of amides is 1. The van der Waals surface area contributed by atoms with E-state index in [-0.39, 0.29) is 11.9 Å². The molecule has 1 atom stereocenters. The number of methoxy groups -OCH3 is 1. The van der Waals surface area contributed by atoms with Crippen LogP contribution in [0.15, 0.2) is 24.5 Å². The molecule has 0 aromatic carbocycles. The molecule has 9 nitrogen and oxygen atoms in total. The van der Waals surface area contributed by atoms with Crippen LogP contribution in [-0.2, 0) is 16.5 Å². The van der Waals surface area contributed by atoms with Crippen molar-refractivity contribution in [2.75, 3.05) is 45.3 Å². The van der Waals surface area contributed by atoms with Crippen molar-refractivity contribution >= 4 is 11.7 Å². The molecule has 134 valence electrons. The Bertz CT molecular complexity index is 719. The fourth-order valence-electron chi connectivity index (χ4n) is 2.65. The Balaban J connectivity index is 1.78. The van der Waals surface area contributed by atoms with Crippen molar-refractivity contribution in [3.05, 3.63) is 36.0 Å². The van der Waals surface area contributed by atoms with E-state index in [1.54, 1.807) is 48.3 Å². The second kappa shape index (κ2) is 8.04. The summed E-state index contributed by atoms with van der Waals surface area (Å²) in [6.07, 6.45) is 3.43. The van der Waals surface area contributed by atoms with Crippen LogP contribution in [0.1, 0.15) is 22.4 Å². The number of aromatic nitrogens is 4. The Labute approximate surface area is 146 Å². The predicted molar refractivity (Wildman–Crippen MR) is 90.2 cm³/mol. The van der Waals surface area contributed by atoms with E-state index in [9.17, 15) is 4.79 Å². The maximum atomic E-state index is 12.8. The molecule has 2 aromatic heterocycles. The van der Waals surface area contributed by atoms with Gasteiger partial charge in [0, 0.05) is 39.6 Å². The minimum Gasteiger partial charge on any atom is -0.383 e. The van der Waals surface area contributed by atoms with Crippen molar-refractivity contribution in [3.63, 3.8) is 0 Å². The Morgan fingerprint density at radius 1 is 1.48 bits per heavy atom. The molecule has 0 bridgehead atoms. The van der Waals surface area contributed by atoms with Crippen molar-refractivity contribution in [3.8, 4) is 0 Å². The standard InChI is InChI=1S/C16H22N6O3/c1-21-7-4-12(20-21)16(23)22-8-10-25-11-13(22)15-18-5-3-14(19-15)17-6-9-24-2/h3-5,7,13H,6,8-11H2,1-2H3,(H,17,18,19)/t13-/m0/s1. The highest BCUT2D eigenvalue weighted by molar-refractivity contribution is 5.92. The fraction of sp³-hybridized carbons (Fsp3) is 0.500. The van der Waals surface area contributed by atoms with Gasteiger partial charge in [0.2, 0.25) is 0 Å². The van der Waals surface area contributed by atoms with E-state index in [1.165, 1.54) is 0 Å². The Morgan fingerprint density at radius 3 is 3.12 bits per heavy atom. The molecule has 1 aliphatic heterocycles. The lowest BCUT2D eigenvalue weighted by molar-refractivity contribution is -0.00553. The average molecular weight is 346 g/mol. The van der Waals surface area contributed by atoms with Gasteiger partial charge < -0.3 is 19.7 Å². The first kappa shape index (κ1) is 17.3. The number of morpholine rings is 1. The van der Waals surface area contributed by atoms with Crippen molar-refractivity contribution in [1.82, 2.24) is 24.6 Å². The number of aryl methyl sites for hydroxylation is 1. The van der Waals surface area contributed by atoms with Crippen LogP contribution in [0.2, 0.25) is 0 Å². The van der Waals surface area contributed by atoms with Gasteiger partial charge in [-0.05, 0) is 12.1 Å². The fourth-order valence-corrected chi connectivity index (χ4v) is 2.65. The number of nitrogens with zero attached hydrogens (tertiary/aromatic N) is 5. The van der Waals surface area contributed by atoms with Gasteiger partial charge >= 0.3 is 0 Å². The van der Waals surface area contributed by atoms with Gasteiger partial charge in [-0.1, -0.05) is 0 Å². The predicted octanol–water partition coefficient (Wildman–Crippen LogP) is 0.482. The molecule has 1 aliphatic rings. The number of carbonyl (C=O) groups is 1. The minimum absolute atomic E-state index is 0.143. The third-order valence-electron chi connectivity index (χ3n) is 3.91. The number of rotatable bonds is 6. The normalized spacial score (nSPS) is 17.5. The molecule has 0 spiro atoms. The first-order valence-electron chi connectivity index (χ1n) is 8.13. The van der Waals surface area contributed by atoms with Gasteiger partial charge in [0.25, 0.3) is 5.91 Å². The van der Waals surface area contributed by atoms with Gasteiger partial charge in [0.1, 0.15) is 17.6 Å². The molecule has 25 heavy (non-hydrogen) atoms. The zero-order valence-electron chi connectivity index (χ0n) is 14.4. The van der Waals surface area contributed by atoms with Crippen LogP contribution < -0.4 is 5.32 Å². The maximum absolute atomic E-state index is 12.8. The first-order chi connectivity index (χ1) is 12.2. The number of anilines is 1. The third kappa shape index (κ3) is 4.12. The largest absolute Gasteiger partial charge is 0.383 e. The van der Waals surface area contributed by atoms with Crippen LogP contribution in [-0.4, -0.2) is 70.6 Å². The Hall–Kier alpha value is -2.52. The zero-order chi connectivity index (χ0) is 17.6. The van der Waals surface area contributed by atoms with Crippen LogP contribution in [0.25, 0.3) is 0 Å².